The van der Waals surface area contributed by atoms with Crippen molar-refractivity contribution in [3.8, 4) is 5.69 Å². The van der Waals surface area contributed by atoms with E-state index in [1.54, 1.807) is 29.8 Å². The molecular formula is C18H14F2N4O3S. The molecule has 0 aliphatic heterocycles. The highest BCUT2D eigenvalue weighted by Crippen LogP contribution is 2.27. The van der Waals surface area contributed by atoms with Gasteiger partial charge in [-0.25, -0.2) is 9.37 Å². The number of hydrogen-bond donors (Lipinski definition) is 1. The Labute approximate surface area is 162 Å². The Morgan fingerprint density at radius 3 is 2.79 bits per heavy atom. The number of imidazole rings is 1. The Morgan fingerprint density at radius 1 is 1.29 bits per heavy atom. The fraction of sp³-hybridized carbons (Fsp3) is 0.111. The van der Waals surface area contributed by atoms with Crippen molar-refractivity contribution in [1.29, 1.82) is 0 Å². The molecule has 28 heavy (non-hydrogen) atoms. The van der Waals surface area contributed by atoms with Gasteiger partial charge in [0.05, 0.1) is 15.9 Å². The average Bonchev–Trinajstić information content (AvgIpc) is 3.11. The zero-order valence-corrected chi connectivity index (χ0v) is 15.3. The van der Waals surface area contributed by atoms with Gasteiger partial charge in [0.25, 0.3) is 0 Å². The number of nitrogens with one attached hydrogen (secondary N) is 1. The van der Waals surface area contributed by atoms with Gasteiger partial charge in [-0.15, -0.1) is 0 Å². The lowest BCUT2D eigenvalue weighted by molar-refractivity contribution is -0.387. The molecule has 0 fully saturated rings. The molecule has 1 aromatic heterocycles. The number of nitro benzene ring substituents is 1. The summed E-state index contributed by atoms with van der Waals surface area (Å²) in [6.07, 6.45) is 3.17. The fourth-order valence-corrected chi connectivity index (χ4v) is 3.27. The summed E-state index contributed by atoms with van der Waals surface area (Å²) in [5.74, 6) is -1.83. The number of halogens is 2. The van der Waals surface area contributed by atoms with E-state index in [0.29, 0.717) is 10.8 Å². The molecule has 0 aliphatic carbocycles. The van der Waals surface area contributed by atoms with Crippen LogP contribution < -0.4 is 5.32 Å². The number of nitrogens with zero attached hydrogens (tertiary/aromatic N) is 3. The lowest BCUT2D eigenvalue weighted by Crippen LogP contribution is -2.23. The second kappa shape index (κ2) is 8.17. The molecule has 1 atom stereocenters. The highest BCUT2D eigenvalue weighted by Gasteiger charge is 2.20. The first kappa shape index (κ1) is 19.5. The zero-order valence-electron chi connectivity index (χ0n) is 14.5. The molecule has 0 aliphatic rings. The summed E-state index contributed by atoms with van der Waals surface area (Å²) >= 11 is 1.13. The van der Waals surface area contributed by atoms with Crippen molar-refractivity contribution in [3.05, 3.63) is 76.6 Å². The molecule has 0 radical (unpaired) electrons. The molecule has 7 nitrogen and oxygen atoms in total. The summed E-state index contributed by atoms with van der Waals surface area (Å²) < 4.78 is 28.5. The van der Waals surface area contributed by atoms with Gasteiger partial charge in [-0.05, 0) is 37.3 Å². The topological polar surface area (TPSA) is 90.1 Å². The van der Waals surface area contributed by atoms with Crippen LogP contribution in [0.4, 0.5) is 20.2 Å². The van der Waals surface area contributed by atoms with Gasteiger partial charge in [0, 0.05) is 24.1 Å². The van der Waals surface area contributed by atoms with Crippen LogP contribution in [0.3, 0.4) is 0 Å². The van der Waals surface area contributed by atoms with E-state index in [2.05, 4.69) is 10.3 Å². The highest BCUT2D eigenvalue weighted by molar-refractivity contribution is 8.00. The average molecular weight is 404 g/mol. The maximum Gasteiger partial charge on any atom is 0.306 e. The minimum atomic E-state index is -0.984. The van der Waals surface area contributed by atoms with Gasteiger partial charge in [-0.2, -0.15) is 4.39 Å². The molecule has 144 valence electrons. The fourth-order valence-electron chi connectivity index (χ4n) is 2.39. The summed E-state index contributed by atoms with van der Waals surface area (Å²) in [5, 5.41) is 13.2. The van der Waals surface area contributed by atoms with Crippen molar-refractivity contribution < 1.29 is 18.5 Å². The van der Waals surface area contributed by atoms with Crippen LogP contribution >= 0.6 is 11.8 Å². The molecule has 0 bridgehead atoms. The predicted octanol–water partition coefficient (Wildman–Crippen LogP) is 4.18. The molecule has 1 amide bonds. The molecule has 1 heterocycles. The van der Waals surface area contributed by atoms with Gasteiger partial charge < -0.3 is 5.32 Å². The van der Waals surface area contributed by atoms with Gasteiger partial charge in [0.2, 0.25) is 11.7 Å². The molecule has 3 aromatic rings. The van der Waals surface area contributed by atoms with Crippen LogP contribution in [0.25, 0.3) is 5.69 Å². The SMILES string of the molecule is CC(Sc1nccn1-c1cccc(F)c1)C(=O)Nc1ccc(F)c([N+](=O)[O-])c1. The van der Waals surface area contributed by atoms with Crippen molar-refractivity contribution in [2.24, 2.45) is 0 Å². The zero-order chi connectivity index (χ0) is 20.3. The maximum absolute atomic E-state index is 13.5. The summed E-state index contributed by atoms with van der Waals surface area (Å²) in [6.45, 7) is 1.63. The summed E-state index contributed by atoms with van der Waals surface area (Å²) in [4.78, 5) is 26.5. The first-order valence-corrected chi connectivity index (χ1v) is 8.94. The first-order valence-electron chi connectivity index (χ1n) is 8.06. The second-order valence-electron chi connectivity index (χ2n) is 5.73. The number of hydrogen-bond acceptors (Lipinski definition) is 5. The lowest BCUT2D eigenvalue weighted by atomic mass is 10.2. The summed E-state index contributed by atoms with van der Waals surface area (Å²) in [5.41, 5.74) is -0.0551. The monoisotopic (exact) mass is 404 g/mol. The Morgan fingerprint density at radius 2 is 2.07 bits per heavy atom. The third-order valence-electron chi connectivity index (χ3n) is 3.75. The number of aromatic nitrogens is 2. The Kier molecular flexibility index (Phi) is 5.69. The van der Waals surface area contributed by atoms with E-state index in [-0.39, 0.29) is 5.69 Å². The molecule has 0 saturated heterocycles. The van der Waals surface area contributed by atoms with Crippen LogP contribution in [-0.4, -0.2) is 25.6 Å². The van der Waals surface area contributed by atoms with Crippen LogP contribution in [-0.2, 0) is 4.79 Å². The number of benzene rings is 2. The summed E-state index contributed by atoms with van der Waals surface area (Å²) in [6, 6.07) is 9.05. The number of amides is 1. The summed E-state index contributed by atoms with van der Waals surface area (Å²) in [7, 11) is 0. The quantitative estimate of drug-likeness (QED) is 0.378. The molecule has 0 spiro atoms. The molecule has 10 heteroatoms. The number of nitro groups is 1. The maximum atomic E-state index is 13.5. The van der Waals surface area contributed by atoms with Crippen molar-refractivity contribution in [3.63, 3.8) is 0 Å². The van der Waals surface area contributed by atoms with E-state index in [1.807, 2.05) is 0 Å². The first-order chi connectivity index (χ1) is 13.3. The highest BCUT2D eigenvalue weighted by atomic mass is 32.2. The lowest BCUT2D eigenvalue weighted by Gasteiger charge is -2.13. The molecule has 2 aromatic carbocycles. The van der Waals surface area contributed by atoms with Crippen LogP contribution in [0.2, 0.25) is 0 Å². The molecule has 3 rings (SSSR count). The standard InChI is InChI=1S/C18H14F2N4O3S/c1-11(17(25)22-13-5-6-15(20)16(10-13)24(26)27)28-18-21-7-8-23(18)14-4-2-3-12(19)9-14/h2-11H,1H3,(H,22,25). The largest absolute Gasteiger partial charge is 0.325 e. The van der Waals surface area contributed by atoms with E-state index in [9.17, 15) is 23.7 Å². The van der Waals surface area contributed by atoms with Crippen LogP contribution in [0, 0.1) is 21.7 Å². The normalized spacial score (nSPS) is 11.8. The van der Waals surface area contributed by atoms with Gasteiger partial charge in [-0.1, -0.05) is 17.8 Å². The number of anilines is 1. The molecular weight excluding hydrogens is 390 g/mol. The van der Waals surface area contributed by atoms with Crippen molar-refractivity contribution in [1.82, 2.24) is 9.55 Å². The van der Waals surface area contributed by atoms with Crippen molar-refractivity contribution in [2.75, 3.05) is 5.32 Å². The van der Waals surface area contributed by atoms with E-state index in [4.69, 9.17) is 0 Å². The number of thioether (sulfide) groups is 1. The van der Waals surface area contributed by atoms with Crippen LogP contribution in [0.15, 0.2) is 60.0 Å². The van der Waals surface area contributed by atoms with E-state index < -0.39 is 33.4 Å². The Balaban J connectivity index is 1.73. The van der Waals surface area contributed by atoms with E-state index in [1.165, 1.54) is 24.4 Å². The molecule has 0 saturated carbocycles. The van der Waals surface area contributed by atoms with Gasteiger partial charge >= 0.3 is 5.69 Å². The number of carbonyl (C=O) groups is 1. The van der Waals surface area contributed by atoms with Crippen LogP contribution in [0.1, 0.15) is 6.92 Å². The van der Waals surface area contributed by atoms with Gasteiger partial charge in [-0.3, -0.25) is 19.5 Å². The Hall–Kier alpha value is -3.27. The van der Waals surface area contributed by atoms with E-state index in [0.717, 1.165) is 23.9 Å². The third-order valence-corrected chi connectivity index (χ3v) is 4.84. The van der Waals surface area contributed by atoms with E-state index >= 15 is 0 Å². The van der Waals surface area contributed by atoms with Crippen molar-refractivity contribution >= 4 is 29.0 Å². The minimum absolute atomic E-state index is 0.110. The molecule has 1 unspecified atom stereocenters. The van der Waals surface area contributed by atoms with Gasteiger partial charge in [0.1, 0.15) is 5.82 Å². The van der Waals surface area contributed by atoms with Crippen molar-refractivity contribution in [2.45, 2.75) is 17.3 Å². The third kappa shape index (κ3) is 4.34. The minimum Gasteiger partial charge on any atom is -0.325 e. The Bertz CT molecular complexity index is 1040. The second-order valence-corrected chi connectivity index (χ2v) is 7.04. The number of rotatable bonds is 6. The number of carbonyl (C=O) groups excluding carboxylic acids is 1. The predicted molar refractivity (Wildman–Crippen MR) is 101 cm³/mol. The molecule has 1 N–H and O–H groups in total. The van der Waals surface area contributed by atoms with Gasteiger partial charge in [0.15, 0.2) is 5.16 Å². The smallest absolute Gasteiger partial charge is 0.306 e. The van der Waals surface area contributed by atoms with Crippen LogP contribution in [0.5, 0.6) is 0 Å².